The average molecular weight is 1030 g/mol. The Hall–Kier alpha value is -3.95. The second-order valence-corrected chi connectivity index (χ2v) is 26.8. The summed E-state index contributed by atoms with van der Waals surface area (Å²) in [5.41, 5.74) is 12.2. The molecule has 10 rings (SSSR count). The summed E-state index contributed by atoms with van der Waals surface area (Å²) < 4.78 is 0. The first-order valence-electron chi connectivity index (χ1n) is 27.3. The number of aliphatic hydroxyl groups excluding tert-OH is 2. The SMILES string of the molecule is C.CC1=C(O)C(=O)C=C2C1=CC=C1[C@@]2(C)CC[C@@]2(C)[C@@H]3C[C@](C)(C(=O)O)CC[C@]3(C)CC[C@]12C.CCN.CCNC(=O)[C@]1(C)CC[C@]2(C)CC[C@]3(C)C4=CC=C5C(=CC(=O)C(O)=C5C)[C@]4(C)CC[C@@]3(C)[C@@H]2C1.Cl. The largest absolute Gasteiger partial charge is 0.504 e. The quantitative estimate of drug-likeness (QED) is 0.186. The number of ketones is 2. The van der Waals surface area contributed by atoms with Crippen LogP contribution in [0.15, 0.2) is 92.6 Å². The molecule has 10 heteroatoms. The topological polar surface area (TPSA) is 167 Å². The minimum atomic E-state index is -0.655. The molecule has 6 fully saturated rings. The monoisotopic (exact) mass is 1020 g/mol. The molecule has 73 heavy (non-hydrogen) atoms. The fourth-order valence-electron chi connectivity index (χ4n) is 17.7. The number of amides is 1. The van der Waals surface area contributed by atoms with Gasteiger partial charge in [-0.05, 0) is 203 Å². The van der Waals surface area contributed by atoms with Crippen LogP contribution in [0, 0.1) is 66.0 Å². The van der Waals surface area contributed by atoms with E-state index in [-0.39, 0.29) is 97.6 Å². The minimum absolute atomic E-state index is 0. The van der Waals surface area contributed by atoms with Crippen LogP contribution in [-0.2, 0) is 19.2 Å². The minimum Gasteiger partial charge on any atom is -0.504 e. The maximum atomic E-state index is 13.2. The summed E-state index contributed by atoms with van der Waals surface area (Å²) in [6, 6.07) is 0. The van der Waals surface area contributed by atoms with Gasteiger partial charge < -0.3 is 26.4 Å². The van der Waals surface area contributed by atoms with Gasteiger partial charge in [-0.1, -0.05) is 112 Å². The Morgan fingerprint density at radius 1 is 0.589 bits per heavy atom. The van der Waals surface area contributed by atoms with Gasteiger partial charge in [-0.25, -0.2) is 0 Å². The van der Waals surface area contributed by atoms with Crippen molar-refractivity contribution in [2.75, 3.05) is 13.1 Å². The predicted molar refractivity (Wildman–Crippen MR) is 297 cm³/mol. The molecule has 404 valence electrons. The standard InChI is InChI=1S/C31H43NO3.C29H38O4.C2H7N.CH4.ClH/c1-8-32-26(35)28(4)12-11-27(3)13-15-30(6)23-10-9-20-19(2)25(34)22(33)17-21(20)29(23,5)14-16-31(30,7)24(27)18-28;1-17-18-7-8-21-27(4,19(18)15-20(30)23(17)31)12-14-29(6)22-16-26(3,24(32)33)10-9-25(22,2)11-13-28(21,29)5;1-2-3;;/h9-10,17,24,34H,8,11-16,18H2,1-7H3,(H,32,35);7-8,15,22,31H,9-14,16H2,1-6H3,(H,32,33);2-3H2,1H3;1H4;1H/t24-,27-,28-,29+,30-,31+;22-,25-,26-,27+,28-,29+;;;/m11.../s1. The molecular weight excluding hydrogens is 932 g/mol. The molecule has 0 unspecified atom stereocenters. The lowest BCUT2D eigenvalue weighted by Crippen LogP contribution is -2.62. The summed E-state index contributed by atoms with van der Waals surface area (Å²) in [5, 5.41) is 33.8. The van der Waals surface area contributed by atoms with Gasteiger partial charge in [-0.3, -0.25) is 19.2 Å². The summed E-state index contributed by atoms with van der Waals surface area (Å²) in [6.07, 6.45) is 26.3. The number of nitrogens with two attached hydrogens (primary N) is 1. The molecule has 0 aromatic heterocycles. The van der Waals surface area contributed by atoms with Crippen LogP contribution >= 0.6 is 12.4 Å². The highest BCUT2D eigenvalue weighted by Gasteiger charge is 2.69. The molecule has 10 aliphatic carbocycles. The number of aliphatic hydroxyl groups is 2. The molecule has 0 saturated heterocycles. The second-order valence-electron chi connectivity index (χ2n) is 26.8. The average Bonchev–Trinajstić information content (AvgIpc) is 3.31. The second kappa shape index (κ2) is 19.0. The van der Waals surface area contributed by atoms with Crippen LogP contribution in [0.2, 0.25) is 0 Å². The number of hydrogen-bond acceptors (Lipinski definition) is 7. The van der Waals surface area contributed by atoms with Crippen molar-refractivity contribution in [1.29, 1.82) is 0 Å². The number of aliphatic carboxylic acids is 1. The molecule has 0 spiro atoms. The number of fused-ring (bicyclic) bond motifs is 14. The van der Waals surface area contributed by atoms with Crippen molar-refractivity contribution in [1.82, 2.24) is 5.32 Å². The first kappa shape index (κ1) is 58.3. The molecule has 6 N–H and O–H groups in total. The number of carboxylic acids is 1. The molecule has 0 aromatic rings. The van der Waals surface area contributed by atoms with E-state index < -0.39 is 11.4 Å². The van der Waals surface area contributed by atoms with E-state index in [4.69, 9.17) is 5.73 Å². The third-order valence-corrected chi connectivity index (χ3v) is 23.1. The van der Waals surface area contributed by atoms with E-state index in [1.54, 1.807) is 12.2 Å². The zero-order valence-electron chi connectivity index (χ0n) is 46.4. The lowest BCUT2D eigenvalue weighted by Gasteiger charge is -2.70. The van der Waals surface area contributed by atoms with Crippen LogP contribution in [0.25, 0.3) is 0 Å². The lowest BCUT2D eigenvalue weighted by molar-refractivity contribution is -0.178. The zero-order valence-corrected chi connectivity index (χ0v) is 47.2. The van der Waals surface area contributed by atoms with Crippen molar-refractivity contribution >= 4 is 35.9 Å². The Morgan fingerprint density at radius 2 is 0.945 bits per heavy atom. The van der Waals surface area contributed by atoms with Gasteiger partial charge in [0.2, 0.25) is 17.5 Å². The van der Waals surface area contributed by atoms with Gasteiger partial charge in [-0.2, -0.15) is 0 Å². The van der Waals surface area contributed by atoms with E-state index in [0.29, 0.717) is 29.5 Å². The molecule has 0 bridgehead atoms. The van der Waals surface area contributed by atoms with E-state index in [1.807, 2.05) is 34.6 Å². The number of halogens is 1. The molecule has 10 aliphatic rings. The first-order valence-corrected chi connectivity index (χ1v) is 27.3. The van der Waals surface area contributed by atoms with Crippen molar-refractivity contribution in [2.24, 2.45) is 71.7 Å². The number of allylic oxidation sites excluding steroid dienone is 14. The van der Waals surface area contributed by atoms with Crippen LogP contribution in [0.5, 0.6) is 0 Å². The van der Waals surface area contributed by atoms with Gasteiger partial charge in [0.25, 0.3) is 0 Å². The van der Waals surface area contributed by atoms with Crippen molar-refractivity contribution in [3.63, 3.8) is 0 Å². The summed E-state index contributed by atoms with van der Waals surface area (Å²) in [4.78, 5) is 50.6. The van der Waals surface area contributed by atoms with Gasteiger partial charge >= 0.3 is 5.97 Å². The number of carboxylic acid groups (broad SMARTS) is 1. The van der Waals surface area contributed by atoms with Gasteiger partial charge in [-0.15, -0.1) is 12.4 Å². The van der Waals surface area contributed by atoms with Crippen LogP contribution in [-0.4, -0.2) is 51.9 Å². The van der Waals surface area contributed by atoms with E-state index >= 15 is 0 Å². The predicted octanol–water partition coefficient (Wildman–Crippen LogP) is 14.5. The summed E-state index contributed by atoms with van der Waals surface area (Å²) >= 11 is 0. The number of carbonyl (C=O) groups is 4. The van der Waals surface area contributed by atoms with Crippen molar-refractivity contribution < 1.29 is 34.5 Å². The molecule has 0 aliphatic heterocycles. The smallest absolute Gasteiger partial charge is 0.309 e. The number of nitrogens with one attached hydrogen (secondary N) is 1. The van der Waals surface area contributed by atoms with Crippen LogP contribution in [0.3, 0.4) is 0 Å². The van der Waals surface area contributed by atoms with Crippen molar-refractivity contribution in [3.05, 3.63) is 92.6 Å². The van der Waals surface area contributed by atoms with Crippen LogP contribution in [0.4, 0.5) is 0 Å². The third kappa shape index (κ3) is 8.13. The summed E-state index contributed by atoms with van der Waals surface area (Å²) in [7, 11) is 0. The highest BCUT2D eigenvalue weighted by Crippen LogP contribution is 2.77. The third-order valence-electron chi connectivity index (χ3n) is 23.1. The van der Waals surface area contributed by atoms with Gasteiger partial charge in [0, 0.05) is 33.9 Å². The molecule has 9 nitrogen and oxygen atoms in total. The number of hydrogen-bond donors (Lipinski definition) is 5. The van der Waals surface area contributed by atoms with E-state index in [2.05, 4.69) is 91.9 Å². The molecular formula is C63H93ClN2O7. The van der Waals surface area contributed by atoms with Gasteiger partial charge in [0.05, 0.1) is 5.41 Å². The van der Waals surface area contributed by atoms with Gasteiger partial charge in [0.15, 0.2) is 11.5 Å². The molecule has 0 aromatic carbocycles. The highest BCUT2D eigenvalue weighted by atomic mass is 35.5. The summed E-state index contributed by atoms with van der Waals surface area (Å²) in [5.74, 6) is -0.429. The van der Waals surface area contributed by atoms with E-state index in [0.717, 1.165) is 112 Å². The van der Waals surface area contributed by atoms with E-state index in [1.165, 1.54) is 17.6 Å². The fourth-order valence-corrected chi connectivity index (χ4v) is 17.7. The zero-order chi connectivity index (χ0) is 52.5. The normalized spacial score (nSPS) is 42.8. The van der Waals surface area contributed by atoms with Crippen molar-refractivity contribution in [2.45, 2.75) is 194 Å². The Balaban J connectivity index is 0.000000221. The lowest BCUT2D eigenvalue weighted by atomic mass is 9.34. The molecule has 0 radical (unpaired) electrons. The maximum Gasteiger partial charge on any atom is 0.309 e. The Morgan fingerprint density at radius 3 is 1.32 bits per heavy atom. The number of carbonyl (C=O) groups excluding carboxylic acids is 3. The maximum absolute atomic E-state index is 13.2. The molecule has 6 saturated carbocycles. The van der Waals surface area contributed by atoms with Crippen LogP contribution < -0.4 is 11.1 Å². The van der Waals surface area contributed by atoms with Gasteiger partial charge in [0.1, 0.15) is 0 Å². The number of rotatable bonds is 3. The Bertz CT molecular complexity index is 2630. The molecule has 1 amide bonds. The highest BCUT2D eigenvalue weighted by molar-refractivity contribution is 6.07. The molecule has 12 atom stereocenters. The molecule has 0 heterocycles. The first-order chi connectivity index (χ1) is 32.9. The Kier molecular flexibility index (Phi) is 15.1. The van der Waals surface area contributed by atoms with E-state index in [9.17, 15) is 34.5 Å². The summed E-state index contributed by atoms with van der Waals surface area (Å²) in [6.45, 7) is 32.5. The fraction of sp³-hybridized carbons (Fsp3) is 0.683. The Labute approximate surface area is 445 Å². The van der Waals surface area contributed by atoms with Crippen molar-refractivity contribution in [3.8, 4) is 0 Å². The van der Waals surface area contributed by atoms with Crippen LogP contribution in [0.1, 0.15) is 194 Å².